The van der Waals surface area contributed by atoms with E-state index in [-0.39, 0.29) is 12.7 Å². The maximum Gasteiger partial charge on any atom is 0.186 e. The maximum absolute atomic E-state index is 12.0. The van der Waals surface area contributed by atoms with Gasteiger partial charge in [0.2, 0.25) is 0 Å². The Morgan fingerprint density at radius 2 is 2.50 bits per heavy atom. The Labute approximate surface area is 60.1 Å². The van der Waals surface area contributed by atoms with Crippen LogP contribution in [0.5, 0.6) is 0 Å². The van der Waals surface area contributed by atoms with Gasteiger partial charge in [0.05, 0.1) is 13.2 Å². The molecule has 1 heterocycles. The zero-order valence-corrected chi connectivity index (χ0v) is 6.30. The lowest BCUT2D eigenvalue weighted by molar-refractivity contribution is 0.376. The van der Waals surface area contributed by atoms with E-state index in [4.69, 9.17) is 4.74 Å². The van der Waals surface area contributed by atoms with Crippen molar-refractivity contribution in [2.45, 2.75) is 19.4 Å². The molecular weight excluding hydrogens is 133 g/mol. The van der Waals surface area contributed by atoms with Gasteiger partial charge in [0.25, 0.3) is 0 Å². The number of hydrogen-bond donors (Lipinski definition) is 0. The number of methoxy groups -OCH3 is 1. The normalized spacial score (nSPS) is 32.1. The van der Waals surface area contributed by atoms with Crippen molar-refractivity contribution in [2.75, 3.05) is 13.8 Å². The van der Waals surface area contributed by atoms with Gasteiger partial charge in [-0.2, -0.15) is 0 Å². The summed E-state index contributed by atoms with van der Waals surface area (Å²) >= 11 is 0. The zero-order valence-electron chi connectivity index (χ0n) is 6.30. The standard InChI is InChI=1S/C7H12FNO/c1-5-3-6(4-8)9-7(5)10-2/h5-6H,3-4H2,1-2H3/t5-,6-/m1/s1. The Morgan fingerprint density at radius 1 is 1.80 bits per heavy atom. The van der Waals surface area contributed by atoms with Gasteiger partial charge in [-0.05, 0) is 6.42 Å². The van der Waals surface area contributed by atoms with Crippen molar-refractivity contribution in [3.63, 3.8) is 0 Å². The Kier molecular flexibility index (Phi) is 2.25. The molecule has 0 N–H and O–H groups in total. The summed E-state index contributed by atoms with van der Waals surface area (Å²) in [4.78, 5) is 4.03. The van der Waals surface area contributed by atoms with Gasteiger partial charge >= 0.3 is 0 Å². The number of rotatable bonds is 1. The van der Waals surface area contributed by atoms with Crippen molar-refractivity contribution < 1.29 is 9.13 Å². The van der Waals surface area contributed by atoms with Crippen LogP contribution in [0.3, 0.4) is 0 Å². The molecule has 0 amide bonds. The highest BCUT2D eigenvalue weighted by Gasteiger charge is 2.24. The van der Waals surface area contributed by atoms with Gasteiger partial charge < -0.3 is 4.74 Å². The molecule has 0 spiro atoms. The molecule has 0 aromatic carbocycles. The predicted molar refractivity (Wildman–Crippen MR) is 38.0 cm³/mol. The molecule has 2 nitrogen and oxygen atoms in total. The molecule has 3 heteroatoms. The van der Waals surface area contributed by atoms with Crippen LogP contribution in [0, 0.1) is 5.92 Å². The molecule has 1 aliphatic rings. The van der Waals surface area contributed by atoms with Crippen molar-refractivity contribution in [3.05, 3.63) is 0 Å². The van der Waals surface area contributed by atoms with Gasteiger partial charge in [-0.1, -0.05) is 6.92 Å². The zero-order chi connectivity index (χ0) is 7.56. The van der Waals surface area contributed by atoms with E-state index < -0.39 is 0 Å². The number of ether oxygens (including phenoxy) is 1. The van der Waals surface area contributed by atoms with Crippen LogP contribution < -0.4 is 0 Å². The Balaban J connectivity index is 2.54. The van der Waals surface area contributed by atoms with Crippen LogP contribution >= 0.6 is 0 Å². The third-order valence-corrected chi connectivity index (χ3v) is 1.74. The second kappa shape index (κ2) is 2.99. The van der Waals surface area contributed by atoms with E-state index in [2.05, 4.69) is 4.99 Å². The quantitative estimate of drug-likeness (QED) is 0.546. The van der Waals surface area contributed by atoms with Crippen molar-refractivity contribution in [2.24, 2.45) is 10.9 Å². The fraction of sp³-hybridized carbons (Fsp3) is 0.857. The van der Waals surface area contributed by atoms with Crippen LogP contribution in [-0.4, -0.2) is 25.7 Å². The van der Waals surface area contributed by atoms with E-state index in [1.165, 1.54) is 0 Å². The average molecular weight is 145 g/mol. The number of aliphatic imine (C=N–C) groups is 1. The fourth-order valence-electron chi connectivity index (χ4n) is 1.22. The minimum absolute atomic E-state index is 0.148. The summed E-state index contributed by atoms with van der Waals surface area (Å²) in [5.74, 6) is 0.994. The number of halogens is 1. The molecule has 2 atom stereocenters. The van der Waals surface area contributed by atoms with Crippen LogP contribution in [-0.2, 0) is 4.74 Å². The minimum atomic E-state index is -0.364. The SMILES string of the molecule is COC1=N[C@@H](CF)C[C@H]1C. The molecule has 1 rings (SSSR count). The first-order valence-electron chi connectivity index (χ1n) is 3.45. The average Bonchev–Trinajstić information content (AvgIpc) is 2.30. The first-order chi connectivity index (χ1) is 4.77. The molecule has 58 valence electrons. The van der Waals surface area contributed by atoms with E-state index in [0.29, 0.717) is 11.8 Å². The van der Waals surface area contributed by atoms with Gasteiger partial charge in [-0.15, -0.1) is 0 Å². The van der Waals surface area contributed by atoms with Crippen molar-refractivity contribution in [3.8, 4) is 0 Å². The van der Waals surface area contributed by atoms with Crippen LogP contribution in [0.4, 0.5) is 4.39 Å². The fourth-order valence-corrected chi connectivity index (χ4v) is 1.22. The summed E-state index contributed by atoms with van der Waals surface area (Å²) in [7, 11) is 1.58. The molecule has 0 aromatic rings. The molecule has 0 saturated carbocycles. The van der Waals surface area contributed by atoms with Crippen LogP contribution in [0.1, 0.15) is 13.3 Å². The Hall–Kier alpha value is -0.600. The molecule has 0 saturated heterocycles. The molecule has 10 heavy (non-hydrogen) atoms. The summed E-state index contributed by atoms with van der Waals surface area (Å²) in [5, 5.41) is 0. The van der Waals surface area contributed by atoms with Crippen molar-refractivity contribution in [1.29, 1.82) is 0 Å². The molecular formula is C7H12FNO. The first-order valence-corrected chi connectivity index (χ1v) is 3.45. The molecule has 0 radical (unpaired) electrons. The van der Waals surface area contributed by atoms with Gasteiger partial charge in [0.1, 0.15) is 6.67 Å². The van der Waals surface area contributed by atoms with Crippen molar-refractivity contribution >= 4 is 5.90 Å². The summed E-state index contributed by atoms with van der Waals surface area (Å²) in [5.41, 5.74) is 0. The molecule has 0 aliphatic carbocycles. The summed E-state index contributed by atoms with van der Waals surface area (Å²) in [6, 6.07) is -0.148. The van der Waals surface area contributed by atoms with Crippen molar-refractivity contribution in [1.82, 2.24) is 0 Å². The largest absolute Gasteiger partial charge is 0.484 e. The summed E-state index contributed by atoms with van der Waals surface area (Å²) in [6.07, 6.45) is 0.791. The van der Waals surface area contributed by atoms with Crippen LogP contribution in [0.25, 0.3) is 0 Å². The molecule has 0 fully saturated rings. The van der Waals surface area contributed by atoms with E-state index in [9.17, 15) is 4.39 Å². The van der Waals surface area contributed by atoms with E-state index in [1.54, 1.807) is 7.11 Å². The van der Waals surface area contributed by atoms with Gasteiger partial charge in [0, 0.05) is 5.92 Å². The minimum Gasteiger partial charge on any atom is -0.484 e. The third-order valence-electron chi connectivity index (χ3n) is 1.74. The topological polar surface area (TPSA) is 21.6 Å². The number of nitrogens with zero attached hydrogens (tertiary/aromatic N) is 1. The van der Waals surface area contributed by atoms with E-state index in [0.717, 1.165) is 6.42 Å². The second-order valence-corrected chi connectivity index (χ2v) is 2.62. The number of alkyl halides is 1. The monoisotopic (exact) mass is 145 g/mol. The van der Waals surface area contributed by atoms with E-state index in [1.807, 2.05) is 6.92 Å². The van der Waals surface area contributed by atoms with Gasteiger partial charge in [0.15, 0.2) is 5.90 Å². The molecule has 0 unspecified atom stereocenters. The highest BCUT2D eigenvalue weighted by atomic mass is 19.1. The lowest BCUT2D eigenvalue weighted by atomic mass is 10.1. The first kappa shape index (κ1) is 7.51. The molecule has 0 aromatic heterocycles. The van der Waals surface area contributed by atoms with Crippen LogP contribution in [0.15, 0.2) is 4.99 Å². The lowest BCUT2D eigenvalue weighted by Crippen LogP contribution is -2.07. The Bertz CT molecular complexity index is 147. The van der Waals surface area contributed by atoms with Gasteiger partial charge in [-0.25, -0.2) is 9.38 Å². The molecule has 1 aliphatic heterocycles. The smallest absolute Gasteiger partial charge is 0.186 e. The lowest BCUT2D eigenvalue weighted by Gasteiger charge is -2.02. The summed E-state index contributed by atoms with van der Waals surface area (Å²) < 4.78 is 17.0. The van der Waals surface area contributed by atoms with Crippen LogP contribution in [0.2, 0.25) is 0 Å². The third kappa shape index (κ3) is 1.28. The van der Waals surface area contributed by atoms with Gasteiger partial charge in [-0.3, -0.25) is 0 Å². The second-order valence-electron chi connectivity index (χ2n) is 2.62. The highest BCUT2D eigenvalue weighted by Crippen LogP contribution is 2.20. The number of hydrogen-bond acceptors (Lipinski definition) is 2. The molecule has 0 bridgehead atoms. The van der Waals surface area contributed by atoms with E-state index >= 15 is 0 Å². The summed E-state index contributed by atoms with van der Waals surface area (Å²) in [6.45, 7) is 1.63. The maximum atomic E-state index is 12.0. The predicted octanol–water partition coefficient (Wildman–Crippen LogP) is 1.41. The Morgan fingerprint density at radius 3 is 2.80 bits per heavy atom. The highest BCUT2D eigenvalue weighted by molar-refractivity contribution is 5.80.